The van der Waals surface area contributed by atoms with Crippen LogP contribution >= 0.6 is 24.0 Å². The Morgan fingerprint density at radius 1 is 1.41 bits per heavy atom. The van der Waals surface area contributed by atoms with E-state index in [0.29, 0.717) is 6.54 Å². The zero-order valence-electron chi connectivity index (χ0n) is 9.43. The van der Waals surface area contributed by atoms with E-state index in [-0.39, 0.29) is 16.2 Å². The molecule has 1 aromatic rings. The van der Waals surface area contributed by atoms with Gasteiger partial charge in [0.1, 0.15) is 4.99 Å². The Labute approximate surface area is 109 Å². The minimum Gasteiger partial charge on any atom is -0.389 e. The molecule has 0 fully saturated rings. The number of rotatable bonds is 6. The van der Waals surface area contributed by atoms with Gasteiger partial charge in [0.15, 0.2) is 11.6 Å². The summed E-state index contributed by atoms with van der Waals surface area (Å²) in [6.07, 6.45) is 2.89. The molecule has 17 heavy (non-hydrogen) atoms. The lowest BCUT2D eigenvalue weighted by Gasteiger charge is -2.09. The largest absolute Gasteiger partial charge is 0.389 e. The number of nitrogens with one attached hydrogen (secondary N) is 1. The maximum Gasteiger partial charge on any atom is 0.182 e. The molecule has 0 saturated heterocycles. The Bertz CT molecular complexity index is 411. The number of hydrogen-bond acceptors (Lipinski definition) is 3. The molecule has 0 bridgehead atoms. The molecule has 0 unspecified atom stereocenters. The van der Waals surface area contributed by atoms with Crippen LogP contribution in [0.4, 0.5) is 14.5 Å². The average Bonchev–Trinajstić information content (AvgIpc) is 2.29. The fourth-order valence-electron chi connectivity index (χ4n) is 1.32. The predicted molar refractivity (Wildman–Crippen MR) is 73.7 cm³/mol. The van der Waals surface area contributed by atoms with Gasteiger partial charge in [-0.1, -0.05) is 12.2 Å². The number of thioether (sulfide) groups is 1. The van der Waals surface area contributed by atoms with E-state index >= 15 is 0 Å². The third-order valence-electron chi connectivity index (χ3n) is 2.19. The summed E-state index contributed by atoms with van der Waals surface area (Å²) in [6.45, 7) is 0.601. The van der Waals surface area contributed by atoms with Crippen molar-refractivity contribution in [3.8, 4) is 0 Å². The molecule has 1 rings (SSSR count). The van der Waals surface area contributed by atoms with Crippen LogP contribution in [0.25, 0.3) is 0 Å². The van der Waals surface area contributed by atoms with E-state index < -0.39 is 11.6 Å². The van der Waals surface area contributed by atoms with Crippen molar-refractivity contribution in [3.63, 3.8) is 0 Å². The van der Waals surface area contributed by atoms with E-state index in [4.69, 9.17) is 5.73 Å². The fourth-order valence-corrected chi connectivity index (χ4v) is 1.91. The molecule has 0 aromatic heterocycles. The van der Waals surface area contributed by atoms with Crippen molar-refractivity contribution in [2.45, 2.75) is 6.42 Å². The number of anilines is 1. The van der Waals surface area contributed by atoms with Crippen LogP contribution in [0.3, 0.4) is 0 Å². The number of halogens is 2. The summed E-state index contributed by atoms with van der Waals surface area (Å²) in [4.78, 5) is -0.143. The summed E-state index contributed by atoms with van der Waals surface area (Å²) in [5.74, 6) is -0.950. The molecule has 1 aromatic carbocycles. The Kier molecular flexibility index (Phi) is 5.64. The van der Waals surface area contributed by atoms with Crippen LogP contribution in [-0.4, -0.2) is 23.5 Å². The van der Waals surface area contributed by atoms with Crippen molar-refractivity contribution in [2.24, 2.45) is 5.73 Å². The number of benzene rings is 1. The van der Waals surface area contributed by atoms with E-state index in [2.05, 4.69) is 17.5 Å². The molecule has 94 valence electrons. The number of hydrogen-bond donors (Lipinski definition) is 2. The van der Waals surface area contributed by atoms with Gasteiger partial charge in [-0.15, -0.1) is 0 Å². The zero-order valence-corrected chi connectivity index (χ0v) is 11.1. The van der Waals surface area contributed by atoms with Crippen LogP contribution in [0.1, 0.15) is 12.0 Å². The van der Waals surface area contributed by atoms with Crippen molar-refractivity contribution in [1.29, 1.82) is 0 Å². The van der Waals surface area contributed by atoms with Crippen LogP contribution in [0.2, 0.25) is 0 Å². The molecular weight excluding hydrogens is 262 g/mol. The fraction of sp³-hybridized carbons (Fsp3) is 0.364. The second-order valence-corrected chi connectivity index (χ2v) is 4.85. The molecule has 0 radical (unpaired) electrons. The van der Waals surface area contributed by atoms with Gasteiger partial charge in [0.2, 0.25) is 0 Å². The van der Waals surface area contributed by atoms with Crippen LogP contribution in [0, 0.1) is 11.6 Å². The van der Waals surface area contributed by atoms with Gasteiger partial charge >= 0.3 is 0 Å². The minimum absolute atomic E-state index is 0.0628. The zero-order chi connectivity index (χ0) is 12.8. The topological polar surface area (TPSA) is 38.0 Å². The Hall–Kier alpha value is -0.880. The van der Waals surface area contributed by atoms with Gasteiger partial charge in [0.25, 0.3) is 0 Å². The minimum atomic E-state index is -0.993. The third-order valence-corrected chi connectivity index (χ3v) is 3.11. The molecule has 0 aliphatic carbocycles. The number of thiocarbonyl (C=S) groups is 1. The van der Waals surface area contributed by atoms with Crippen molar-refractivity contribution in [2.75, 3.05) is 23.9 Å². The summed E-state index contributed by atoms with van der Waals surface area (Å²) in [5.41, 5.74) is 5.35. The molecule has 2 nitrogen and oxygen atoms in total. The molecule has 0 aliphatic rings. The lowest BCUT2D eigenvalue weighted by Crippen LogP contribution is -2.14. The Morgan fingerprint density at radius 2 is 2.12 bits per heavy atom. The summed E-state index contributed by atoms with van der Waals surface area (Å²) in [5, 5.41) is 2.84. The Balaban J connectivity index is 2.75. The third kappa shape index (κ3) is 3.81. The quantitative estimate of drug-likeness (QED) is 0.619. The predicted octanol–water partition coefficient (Wildman–Crippen LogP) is 2.76. The summed E-state index contributed by atoms with van der Waals surface area (Å²) < 4.78 is 27.1. The van der Waals surface area contributed by atoms with Crippen LogP contribution in [0.15, 0.2) is 12.1 Å². The molecule has 6 heteroatoms. The highest BCUT2D eigenvalue weighted by molar-refractivity contribution is 7.98. The summed E-state index contributed by atoms with van der Waals surface area (Å²) >= 11 is 6.33. The van der Waals surface area contributed by atoms with E-state index in [1.807, 2.05) is 6.26 Å². The second kappa shape index (κ2) is 6.76. The van der Waals surface area contributed by atoms with Crippen molar-refractivity contribution in [1.82, 2.24) is 0 Å². The van der Waals surface area contributed by atoms with Gasteiger partial charge < -0.3 is 11.1 Å². The highest BCUT2D eigenvalue weighted by Gasteiger charge is 2.14. The highest BCUT2D eigenvalue weighted by atomic mass is 32.2. The molecule has 0 heterocycles. The SMILES string of the molecule is CSCCCNc1ccc(C(N)=S)c(F)c1F. The van der Waals surface area contributed by atoms with Gasteiger partial charge in [0.05, 0.1) is 5.69 Å². The normalized spacial score (nSPS) is 10.3. The molecule has 0 atom stereocenters. The maximum atomic E-state index is 13.6. The first-order valence-corrected chi connectivity index (χ1v) is 6.88. The molecule has 3 N–H and O–H groups in total. The van der Waals surface area contributed by atoms with Gasteiger partial charge in [0, 0.05) is 12.1 Å². The van der Waals surface area contributed by atoms with Crippen LogP contribution < -0.4 is 11.1 Å². The highest BCUT2D eigenvalue weighted by Crippen LogP contribution is 2.20. The second-order valence-electron chi connectivity index (χ2n) is 3.43. The molecular formula is C11H14F2N2S2. The van der Waals surface area contributed by atoms with Gasteiger partial charge in [-0.25, -0.2) is 8.78 Å². The van der Waals surface area contributed by atoms with Gasteiger partial charge in [-0.05, 0) is 30.6 Å². The molecule has 0 aliphatic heterocycles. The molecule has 0 spiro atoms. The van der Waals surface area contributed by atoms with E-state index in [0.717, 1.165) is 12.2 Å². The Morgan fingerprint density at radius 3 is 2.71 bits per heavy atom. The smallest absolute Gasteiger partial charge is 0.182 e. The number of nitrogens with two attached hydrogens (primary N) is 1. The lowest BCUT2D eigenvalue weighted by molar-refractivity contribution is 0.509. The molecule has 0 saturated carbocycles. The van der Waals surface area contributed by atoms with Gasteiger partial charge in [-0.2, -0.15) is 11.8 Å². The van der Waals surface area contributed by atoms with E-state index in [1.54, 1.807) is 11.8 Å². The summed E-state index contributed by atoms with van der Waals surface area (Å²) in [6, 6.07) is 2.84. The summed E-state index contributed by atoms with van der Waals surface area (Å²) in [7, 11) is 0. The first-order valence-electron chi connectivity index (χ1n) is 5.08. The van der Waals surface area contributed by atoms with Crippen molar-refractivity contribution >= 4 is 34.7 Å². The van der Waals surface area contributed by atoms with Crippen molar-refractivity contribution in [3.05, 3.63) is 29.3 Å². The van der Waals surface area contributed by atoms with Crippen molar-refractivity contribution < 1.29 is 8.78 Å². The monoisotopic (exact) mass is 276 g/mol. The van der Waals surface area contributed by atoms with E-state index in [9.17, 15) is 8.78 Å². The van der Waals surface area contributed by atoms with Crippen LogP contribution in [0.5, 0.6) is 0 Å². The van der Waals surface area contributed by atoms with Crippen LogP contribution in [-0.2, 0) is 0 Å². The molecule has 0 amide bonds. The first kappa shape index (κ1) is 14.2. The van der Waals surface area contributed by atoms with Gasteiger partial charge in [-0.3, -0.25) is 0 Å². The lowest BCUT2D eigenvalue weighted by atomic mass is 10.1. The first-order chi connectivity index (χ1) is 8.07. The maximum absolute atomic E-state index is 13.6. The van der Waals surface area contributed by atoms with E-state index in [1.165, 1.54) is 12.1 Å². The average molecular weight is 276 g/mol. The standard InChI is InChI=1S/C11H14F2N2S2/c1-17-6-2-5-15-8-4-3-7(11(14)16)9(12)10(8)13/h3-4,15H,2,5-6H2,1H3,(H2,14,16).